The van der Waals surface area contributed by atoms with Crippen molar-refractivity contribution in [1.29, 1.82) is 0 Å². The maximum absolute atomic E-state index is 13.0. The molecule has 0 atom stereocenters. The van der Waals surface area contributed by atoms with Crippen LogP contribution < -0.4 is 10.9 Å². The summed E-state index contributed by atoms with van der Waals surface area (Å²) in [5.41, 5.74) is 1.89. The lowest BCUT2D eigenvalue weighted by molar-refractivity contribution is -0.118. The molecule has 6 heteroatoms. The van der Waals surface area contributed by atoms with Crippen molar-refractivity contribution >= 4 is 28.6 Å². The molecule has 0 unspecified atom stereocenters. The number of nitrogens with zero attached hydrogens (tertiary/aromatic N) is 2. The molecule has 4 rings (SSSR count). The van der Waals surface area contributed by atoms with Crippen molar-refractivity contribution in [2.75, 3.05) is 5.75 Å². The molecule has 1 aliphatic rings. The van der Waals surface area contributed by atoms with E-state index in [2.05, 4.69) is 22.4 Å². The number of carbonyl (C=O) groups excluding carboxylic acids is 1. The molecule has 1 heterocycles. The highest BCUT2D eigenvalue weighted by atomic mass is 32.2. The van der Waals surface area contributed by atoms with Gasteiger partial charge in [0.2, 0.25) is 5.91 Å². The molecule has 1 aromatic heterocycles. The third kappa shape index (κ3) is 4.62. The summed E-state index contributed by atoms with van der Waals surface area (Å²) >= 11 is 1.34. The first-order valence-electron chi connectivity index (χ1n) is 9.66. The molecule has 3 aromatic rings. The number of hydrogen-bond acceptors (Lipinski definition) is 4. The molecule has 144 valence electrons. The molecule has 1 aliphatic carbocycles. The summed E-state index contributed by atoms with van der Waals surface area (Å²) in [5.74, 6) is 0.283. The Morgan fingerprint density at radius 1 is 1.11 bits per heavy atom. The van der Waals surface area contributed by atoms with Gasteiger partial charge in [-0.15, -0.1) is 0 Å². The van der Waals surface area contributed by atoms with Gasteiger partial charge in [-0.25, -0.2) is 4.98 Å². The Labute approximate surface area is 168 Å². The Morgan fingerprint density at radius 2 is 1.86 bits per heavy atom. The molecule has 5 nitrogen and oxygen atoms in total. The average Bonchev–Trinajstić information content (AvgIpc) is 3.53. The number of rotatable bonds is 8. The van der Waals surface area contributed by atoms with Gasteiger partial charge in [-0.05, 0) is 43.4 Å². The molecule has 0 aliphatic heterocycles. The van der Waals surface area contributed by atoms with Gasteiger partial charge in [0.25, 0.3) is 5.56 Å². The number of aromatic nitrogens is 2. The lowest BCUT2D eigenvalue weighted by Crippen LogP contribution is -2.28. The van der Waals surface area contributed by atoms with Crippen LogP contribution in [0.5, 0.6) is 0 Å². The van der Waals surface area contributed by atoms with Gasteiger partial charge in [0.15, 0.2) is 5.16 Å². The van der Waals surface area contributed by atoms with Crippen LogP contribution >= 0.6 is 11.8 Å². The highest BCUT2D eigenvalue weighted by Gasteiger charge is 2.23. The van der Waals surface area contributed by atoms with Gasteiger partial charge >= 0.3 is 0 Å². The number of fused-ring (bicyclic) bond motifs is 1. The second kappa shape index (κ2) is 8.61. The van der Waals surface area contributed by atoms with Gasteiger partial charge in [-0.2, -0.15) is 0 Å². The number of carbonyl (C=O) groups is 1. The van der Waals surface area contributed by atoms with Crippen molar-refractivity contribution in [1.82, 2.24) is 14.9 Å². The summed E-state index contributed by atoms with van der Waals surface area (Å²) < 4.78 is 1.72. The van der Waals surface area contributed by atoms with E-state index >= 15 is 0 Å². The highest BCUT2D eigenvalue weighted by Crippen LogP contribution is 2.21. The number of nitrogens with one attached hydrogen (secondary N) is 1. The average molecular weight is 394 g/mol. The van der Waals surface area contributed by atoms with E-state index in [-0.39, 0.29) is 17.2 Å². The number of hydrogen-bond donors (Lipinski definition) is 1. The molecule has 0 saturated heterocycles. The topological polar surface area (TPSA) is 64.0 Å². The monoisotopic (exact) mass is 393 g/mol. The van der Waals surface area contributed by atoms with Crippen molar-refractivity contribution in [3.8, 4) is 0 Å². The van der Waals surface area contributed by atoms with E-state index in [4.69, 9.17) is 0 Å². The van der Waals surface area contributed by atoms with Crippen LogP contribution in [-0.4, -0.2) is 27.3 Å². The van der Waals surface area contributed by atoms with Crippen LogP contribution in [-0.2, 0) is 17.8 Å². The predicted octanol–water partition coefficient (Wildman–Crippen LogP) is 3.40. The third-order valence-corrected chi connectivity index (χ3v) is 5.77. The molecule has 0 radical (unpaired) electrons. The summed E-state index contributed by atoms with van der Waals surface area (Å²) in [7, 11) is 0. The van der Waals surface area contributed by atoms with Crippen LogP contribution in [0.2, 0.25) is 0 Å². The van der Waals surface area contributed by atoms with Gasteiger partial charge < -0.3 is 5.32 Å². The molecule has 28 heavy (non-hydrogen) atoms. The SMILES string of the molecule is O=C(CSc1nc2ccccc2c(=O)n1CCCc1ccccc1)NC1CC1. The molecular formula is C22H23N3O2S. The maximum Gasteiger partial charge on any atom is 0.262 e. The van der Waals surface area contributed by atoms with E-state index < -0.39 is 0 Å². The van der Waals surface area contributed by atoms with Gasteiger partial charge in [0.05, 0.1) is 16.7 Å². The minimum atomic E-state index is -0.0382. The van der Waals surface area contributed by atoms with E-state index in [1.807, 2.05) is 42.5 Å². The Hall–Kier alpha value is -2.60. The van der Waals surface area contributed by atoms with E-state index in [1.54, 1.807) is 4.57 Å². The zero-order valence-electron chi connectivity index (χ0n) is 15.6. The van der Waals surface area contributed by atoms with Crippen LogP contribution in [0.25, 0.3) is 10.9 Å². The summed E-state index contributed by atoms with van der Waals surface area (Å²) in [6.45, 7) is 0.581. The second-order valence-corrected chi connectivity index (χ2v) is 8.03. The van der Waals surface area contributed by atoms with Crippen molar-refractivity contribution in [3.05, 3.63) is 70.5 Å². The first kappa shape index (κ1) is 18.7. The maximum atomic E-state index is 13.0. The second-order valence-electron chi connectivity index (χ2n) is 7.09. The van der Waals surface area contributed by atoms with Crippen LogP contribution in [0.1, 0.15) is 24.8 Å². The van der Waals surface area contributed by atoms with Crippen LogP contribution in [0.3, 0.4) is 0 Å². The first-order chi connectivity index (χ1) is 13.7. The minimum absolute atomic E-state index is 0.00532. The number of para-hydroxylation sites is 1. The van der Waals surface area contributed by atoms with Crippen LogP contribution in [0, 0.1) is 0 Å². The van der Waals surface area contributed by atoms with Gasteiger partial charge in [0.1, 0.15) is 0 Å². The fraction of sp³-hybridized carbons (Fsp3) is 0.318. The molecule has 1 amide bonds. The smallest absolute Gasteiger partial charge is 0.262 e. The fourth-order valence-electron chi connectivity index (χ4n) is 3.17. The van der Waals surface area contributed by atoms with E-state index in [0.717, 1.165) is 25.7 Å². The van der Waals surface area contributed by atoms with Gasteiger partial charge in [-0.3, -0.25) is 14.2 Å². The van der Waals surface area contributed by atoms with E-state index in [9.17, 15) is 9.59 Å². The summed E-state index contributed by atoms with van der Waals surface area (Å²) in [6.07, 6.45) is 3.86. The summed E-state index contributed by atoms with van der Waals surface area (Å²) in [4.78, 5) is 29.8. The zero-order valence-corrected chi connectivity index (χ0v) is 16.5. The Morgan fingerprint density at radius 3 is 2.64 bits per heavy atom. The summed E-state index contributed by atoms with van der Waals surface area (Å²) in [5, 5.41) is 4.22. The van der Waals surface area contributed by atoms with E-state index in [0.29, 0.717) is 28.6 Å². The van der Waals surface area contributed by atoms with Crippen molar-refractivity contribution in [3.63, 3.8) is 0 Å². The Balaban J connectivity index is 1.53. The molecule has 2 aromatic carbocycles. The fourth-order valence-corrected chi connectivity index (χ4v) is 4.00. The largest absolute Gasteiger partial charge is 0.353 e. The Bertz CT molecular complexity index is 1030. The van der Waals surface area contributed by atoms with Gasteiger partial charge in [-0.1, -0.05) is 54.2 Å². The Kier molecular flexibility index (Phi) is 5.76. The zero-order chi connectivity index (χ0) is 19.3. The number of thioether (sulfide) groups is 1. The number of amides is 1. The normalized spacial score (nSPS) is 13.6. The predicted molar refractivity (Wildman–Crippen MR) is 113 cm³/mol. The molecule has 1 N–H and O–H groups in total. The lowest BCUT2D eigenvalue weighted by Gasteiger charge is -2.13. The van der Waals surface area contributed by atoms with Crippen LogP contribution in [0.15, 0.2) is 64.5 Å². The lowest BCUT2D eigenvalue weighted by atomic mass is 10.1. The van der Waals surface area contributed by atoms with Gasteiger partial charge in [0, 0.05) is 12.6 Å². The number of aryl methyl sites for hydroxylation is 1. The minimum Gasteiger partial charge on any atom is -0.353 e. The number of benzene rings is 2. The van der Waals surface area contributed by atoms with Crippen molar-refractivity contribution < 1.29 is 4.79 Å². The van der Waals surface area contributed by atoms with Crippen LogP contribution in [0.4, 0.5) is 0 Å². The molecular weight excluding hydrogens is 370 g/mol. The first-order valence-corrected chi connectivity index (χ1v) is 10.6. The van der Waals surface area contributed by atoms with E-state index in [1.165, 1.54) is 17.3 Å². The quantitative estimate of drug-likeness (QED) is 0.471. The standard InChI is InChI=1S/C22H23N3O2S/c26-20(23-17-12-13-17)15-28-22-24-19-11-5-4-10-18(19)21(27)25(22)14-6-9-16-7-2-1-3-8-16/h1-5,7-8,10-11,17H,6,9,12-15H2,(H,23,26). The molecule has 0 spiro atoms. The summed E-state index contributed by atoms with van der Waals surface area (Å²) in [6, 6.07) is 18.0. The molecule has 0 bridgehead atoms. The molecule has 1 saturated carbocycles. The third-order valence-electron chi connectivity index (χ3n) is 4.79. The van der Waals surface area contributed by atoms with Crippen molar-refractivity contribution in [2.24, 2.45) is 0 Å². The van der Waals surface area contributed by atoms with Crippen molar-refractivity contribution in [2.45, 2.75) is 43.4 Å². The molecule has 1 fully saturated rings. The highest BCUT2D eigenvalue weighted by molar-refractivity contribution is 7.99.